The first-order valence-electron chi connectivity index (χ1n) is 11.4. The highest BCUT2D eigenvalue weighted by molar-refractivity contribution is 6.05. The van der Waals surface area contributed by atoms with E-state index in [2.05, 4.69) is 11.1 Å². The van der Waals surface area contributed by atoms with Gasteiger partial charge in [-0.05, 0) is 34.9 Å². The summed E-state index contributed by atoms with van der Waals surface area (Å²) in [5.41, 5.74) is 4.83. The largest absolute Gasteiger partial charge is 0.454 e. The molecular weight excluding hydrogens is 430 g/mol. The van der Waals surface area contributed by atoms with Crippen molar-refractivity contribution in [2.24, 2.45) is 0 Å². The number of hydrogen-bond donors (Lipinski definition) is 1. The quantitative estimate of drug-likeness (QED) is 0.469. The fourth-order valence-electron chi connectivity index (χ4n) is 5.47. The molecule has 3 amide bonds. The molecule has 0 bridgehead atoms. The molecule has 3 aromatic carbocycles. The predicted octanol–water partition coefficient (Wildman–Crippen LogP) is 4.38. The van der Waals surface area contributed by atoms with Gasteiger partial charge in [-0.2, -0.15) is 0 Å². The number of ether oxygens (including phenoxy) is 2. The Kier molecular flexibility index (Phi) is 4.03. The number of aromatic nitrogens is 1. The maximum absolute atomic E-state index is 13.8. The van der Waals surface area contributed by atoms with Crippen LogP contribution in [0.25, 0.3) is 10.9 Å². The number of aromatic amines is 1. The van der Waals surface area contributed by atoms with Gasteiger partial charge in [0, 0.05) is 23.0 Å². The summed E-state index contributed by atoms with van der Waals surface area (Å²) in [5.74, 6) is 1.18. The first kappa shape index (κ1) is 19.2. The van der Waals surface area contributed by atoms with Gasteiger partial charge in [0.05, 0.1) is 6.54 Å². The van der Waals surface area contributed by atoms with Crippen molar-refractivity contribution in [1.29, 1.82) is 0 Å². The number of urea groups is 1. The number of benzene rings is 3. The topological polar surface area (TPSA) is 74.9 Å². The van der Waals surface area contributed by atoms with Crippen LogP contribution in [0.4, 0.5) is 4.79 Å². The molecule has 0 saturated carbocycles. The first-order chi connectivity index (χ1) is 16.7. The summed E-state index contributed by atoms with van der Waals surface area (Å²) < 4.78 is 11.1. The van der Waals surface area contributed by atoms with Crippen LogP contribution in [-0.4, -0.2) is 39.6 Å². The molecule has 0 spiro atoms. The number of nitrogens with zero attached hydrogens (tertiary/aromatic N) is 2. The van der Waals surface area contributed by atoms with Crippen LogP contribution in [0.15, 0.2) is 72.8 Å². The number of hydrogen-bond acceptors (Lipinski definition) is 4. The molecule has 3 aliphatic heterocycles. The summed E-state index contributed by atoms with van der Waals surface area (Å²) in [6, 6.07) is 22.2. The van der Waals surface area contributed by atoms with E-state index in [1.807, 2.05) is 66.7 Å². The second-order valence-electron chi connectivity index (χ2n) is 8.90. The number of imide groups is 1. The molecule has 34 heavy (non-hydrogen) atoms. The Morgan fingerprint density at radius 2 is 1.71 bits per heavy atom. The minimum Gasteiger partial charge on any atom is -0.454 e. The molecule has 4 heterocycles. The Morgan fingerprint density at radius 3 is 2.59 bits per heavy atom. The minimum absolute atomic E-state index is 0.157. The third-order valence-electron chi connectivity index (χ3n) is 7.03. The summed E-state index contributed by atoms with van der Waals surface area (Å²) in [6.45, 7) is 0.434. The van der Waals surface area contributed by atoms with Crippen LogP contribution in [0.3, 0.4) is 0 Å². The van der Waals surface area contributed by atoms with E-state index in [-0.39, 0.29) is 25.3 Å². The molecule has 1 fully saturated rings. The number of rotatable bonds is 3. The average Bonchev–Trinajstić information content (AvgIpc) is 3.55. The van der Waals surface area contributed by atoms with Gasteiger partial charge in [0.15, 0.2) is 11.5 Å². The number of H-pyrrole nitrogens is 1. The van der Waals surface area contributed by atoms with Crippen LogP contribution in [0, 0.1) is 0 Å². The van der Waals surface area contributed by atoms with Crippen LogP contribution >= 0.6 is 0 Å². The van der Waals surface area contributed by atoms with Crippen molar-refractivity contribution in [2.75, 3.05) is 6.79 Å². The van der Waals surface area contributed by atoms with Gasteiger partial charge in [0.25, 0.3) is 5.91 Å². The zero-order valence-electron chi connectivity index (χ0n) is 18.2. The highest BCUT2D eigenvalue weighted by Crippen LogP contribution is 2.46. The summed E-state index contributed by atoms with van der Waals surface area (Å²) in [6.07, 6.45) is 0.482. The normalized spacial score (nSPS) is 20.7. The lowest BCUT2D eigenvalue weighted by atomic mass is 9.88. The van der Waals surface area contributed by atoms with Gasteiger partial charge in [-0.15, -0.1) is 0 Å². The van der Waals surface area contributed by atoms with Crippen LogP contribution in [0.2, 0.25) is 0 Å². The Morgan fingerprint density at radius 1 is 0.912 bits per heavy atom. The molecule has 2 atom stereocenters. The van der Waals surface area contributed by atoms with Gasteiger partial charge in [-0.3, -0.25) is 14.6 Å². The molecular formula is C27H21N3O4. The second-order valence-corrected chi connectivity index (χ2v) is 8.90. The van der Waals surface area contributed by atoms with Crippen LogP contribution < -0.4 is 9.47 Å². The van der Waals surface area contributed by atoms with Gasteiger partial charge in [0.1, 0.15) is 12.1 Å². The lowest BCUT2D eigenvalue weighted by Gasteiger charge is -2.36. The third-order valence-corrected chi connectivity index (χ3v) is 7.03. The van der Waals surface area contributed by atoms with E-state index in [0.717, 1.165) is 33.3 Å². The first-order valence-corrected chi connectivity index (χ1v) is 11.4. The van der Waals surface area contributed by atoms with Crippen molar-refractivity contribution >= 4 is 22.8 Å². The fourth-order valence-corrected chi connectivity index (χ4v) is 5.47. The van der Waals surface area contributed by atoms with E-state index in [1.54, 1.807) is 4.90 Å². The van der Waals surface area contributed by atoms with Crippen LogP contribution in [-0.2, 0) is 17.8 Å². The highest BCUT2D eigenvalue weighted by atomic mass is 16.7. The molecule has 1 N–H and O–H groups in total. The van der Waals surface area contributed by atoms with Crippen molar-refractivity contribution in [3.63, 3.8) is 0 Å². The molecule has 3 aliphatic rings. The molecule has 4 aromatic rings. The summed E-state index contributed by atoms with van der Waals surface area (Å²) in [7, 11) is 0. The van der Waals surface area contributed by atoms with E-state index >= 15 is 0 Å². The van der Waals surface area contributed by atoms with Gasteiger partial charge in [-0.1, -0.05) is 54.6 Å². The van der Waals surface area contributed by atoms with Crippen molar-refractivity contribution < 1.29 is 19.1 Å². The van der Waals surface area contributed by atoms with Crippen LogP contribution in [0.1, 0.15) is 28.4 Å². The number of carbonyl (C=O) groups is 2. The Bertz CT molecular complexity index is 1460. The Labute approximate surface area is 195 Å². The SMILES string of the molecule is O=C1[C@H]2Cc3c([nH]c4ccccc34)[C@H](c3ccc4c(c3)OCO4)N2C(=O)N1Cc1ccccc1. The van der Waals surface area contributed by atoms with Gasteiger partial charge >= 0.3 is 6.03 Å². The number of para-hydroxylation sites is 1. The van der Waals surface area contributed by atoms with Crippen molar-refractivity contribution in [2.45, 2.75) is 25.0 Å². The summed E-state index contributed by atoms with van der Waals surface area (Å²) in [4.78, 5) is 34.0. The molecule has 0 unspecified atom stereocenters. The fraction of sp³-hybridized carbons (Fsp3) is 0.185. The van der Waals surface area contributed by atoms with Crippen LogP contribution in [0.5, 0.6) is 11.5 Å². The van der Waals surface area contributed by atoms with E-state index in [4.69, 9.17) is 9.47 Å². The summed E-state index contributed by atoms with van der Waals surface area (Å²) in [5, 5.41) is 1.09. The van der Waals surface area contributed by atoms with Crippen molar-refractivity contribution in [3.8, 4) is 11.5 Å². The molecule has 7 heteroatoms. The van der Waals surface area contributed by atoms with E-state index in [0.29, 0.717) is 17.9 Å². The molecule has 1 aromatic heterocycles. The molecule has 0 radical (unpaired) electrons. The molecule has 0 aliphatic carbocycles. The highest BCUT2D eigenvalue weighted by Gasteiger charge is 2.52. The number of carbonyl (C=O) groups excluding carboxylic acids is 2. The lowest BCUT2D eigenvalue weighted by molar-refractivity contribution is -0.129. The number of fused-ring (bicyclic) bond motifs is 5. The minimum atomic E-state index is -0.557. The smallest absolute Gasteiger partial charge is 0.328 e. The monoisotopic (exact) mass is 451 g/mol. The standard InChI is InChI=1S/C27H21N3O4/c31-26-21-13-19-18-8-4-5-9-20(18)28-24(19)25(17-10-11-22-23(12-17)34-15-33-22)30(21)27(32)29(26)14-16-6-2-1-3-7-16/h1-12,21,25,28H,13-15H2/t21-,25+/m1/s1. The lowest BCUT2D eigenvalue weighted by Crippen LogP contribution is -2.44. The molecule has 7 rings (SSSR count). The van der Waals surface area contributed by atoms with E-state index < -0.39 is 12.1 Å². The molecule has 1 saturated heterocycles. The van der Waals surface area contributed by atoms with Gasteiger partial charge in [0.2, 0.25) is 6.79 Å². The zero-order valence-corrected chi connectivity index (χ0v) is 18.2. The summed E-state index contributed by atoms with van der Waals surface area (Å²) >= 11 is 0. The number of amides is 3. The second kappa shape index (κ2) is 7.12. The molecule has 7 nitrogen and oxygen atoms in total. The van der Waals surface area contributed by atoms with Crippen molar-refractivity contribution in [3.05, 3.63) is 95.2 Å². The zero-order chi connectivity index (χ0) is 22.8. The van der Waals surface area contributed by atoms with E-state index in [1.165, 1.54) is 4.90 Å². The number of nitrogens with one attached hydrogen (secondary N) is 1. The third kappa shape index (κ3) is 2.70. The maximum atomic E-state index is 13.8. The van der Waals surface area contributed by atoms with Crippen molar-refractivity contribution in [1.82, 2.24) is 14.8 Å². The Hall–Kier alpha value is -4.26. The average molecular weight is 451 g/mol. The van der Waals surface area contributed by atoms with Gasteiger partial charge < -0.3 is 14.5 Å². The maximum Gasteiger partial charge on any atom is 0.328 e. The van der Waals surface area contributed by atoms with E-state index in [9.17, 15) is 9.59 Å². The Balaban J connectivity index is 1.37. The van der Waals surface area contributed by atoms with Gasteiger partial charge in [-0.25, -0.2) is 4.79 Å². The predicted molar refractivity (Wildman–Crippen MR) is 124 cm³/mol. The molecule has 168 valence electrons.